The molecule has 1 rings (SSSR count). The molecule has 0 fully saturated rings. The van der Waals surface area contributed by atoms with Gasteiger partial charge in [-0.2, -0.15) is 0 Å². The predicted molar refractivity (Wildman–Crippen MR) is 77.6 cm³/mol. The van der Waals surface area contributed by atoms with Gasteiger partial charge in [-0.3, -0.25) is 0 Å². The molecule has 0 unspecified atom stereocenters. The van der Waals surface area contributed by atoms with Gasteiger partial charge < -0.3 is 0 Å². The summed E-state index contributed by atoms with van der Waals surface area (Å²) in [5.74, 6) is 0.595. The Kier molecular flexibility index (Phi) is 7.14. The van der Waals surface area contributed by atoms with Gasteiger partial charge in [0, 0.05) is 0 Å². The molecule has 16 heavy (non-hydrogen) atoms. The van der Waals surface area contributed by atoms with Crippen LogP contribution in [0.3, 0.4) is 0 Å². The third-order valence-electron chi connectivity index (χ3n) is 2.76. The van der Waals surface area contributed by atoms with Crippen molar-refractivity contribution >= 4 is 39.2 Å². The maximum atomic E-state index is 5.84. The summed E-state index contributed by atoms with van der Waals surface area (Å²) < 4.78 is 0. The van der Waals surface area contributed by atoms with Crippen molar-refractivity contribution in [1.82, 2.24) is 0 Å². The van der Waals surface area contributed by atoms with Crippen LogP contribution in [0.25, 0.3) is 0 Å². The fourth-order valence-electron chi connectivity index (χ4n) is 1.86. The lowest BCUT2D eigenvalue weighted by molar-refractivity contribution is 0.633. The molecule has 0 saturated heterocycles. The summed E-state index contributed by atoms with van der Waals surface area (Å²) in [6.45, 7) is 0. The molecule has 92 valence electrons. The van der Waals surface area contributed by atoms with E-state index in [-0.39, 0.29) is 0 Å². The number of unbranched alkanes of at least 4 members (excludes halogenated alkanes) is 1. The molecule has 0 N–H and O–H groups in total. The molecule has 4 heteroatoms. The highest BCUT2D eigenvalue weighted by atomic mass is 35.8. The topological polar surface area (TPSA) is 0 Å². The molecule has 0 aromatic carbocycles. The average molecular weight is 298 g/mol. The summed E-state index contributed by atoms with van der Waals surface area (Å²) in [4.78, 5) is 0. The number of allylic oxidation sites excluding steroid dienone is 4. The van der Waals surface area contributed by atoms with Gasteiger partial charge in [0.25, 0.3) is 0 Å². The van der Waals surface area contributed by atoms with Crippen molar-refractivity contribution in [2.24, 2.45) is 5.92 Å². The first-order valence-corrected chi connectivity index (χ1v) is 11.2. The van der Waals surface area contributed by atoms with E-state index in [0.29, 0.717) is 5.92 Å². The normalized spacial score (nSPS) is 22.4. The smallest absolute Gasteiger partial charge is 0.126 e. The summed E-state index contributed by atoms with van der Waals surface area (Å²) >= 11 is 17.5. The van der Waals surface area contributed by atoms with Crippen molar-refractivity contribution < 1.29 is 0 Å². The Bertz CT molecular complexity index is 229. The van der Waals surface area contributed by atoms with Crippen molar-refractivity contribution in [2.45, 2.75) is 44.6 Å². The maximum Gasteiger partial charge on any atom is 0.341 e. The first kappa shape index (κ1) is 14.6. The second-order valence-corrected chi connectivity index (χ2v) is 13.6. The Morgan fingerprint density at radius 3 is 2.19 bits per heavy atom. The van der Waals surface area contributed by atoms with E-state index in [1.807, 2.05) is 0 Å². The molecule has 1 aliphatic rings. The summed E-state index contributed by atoms with van der Waals surface area (Å²) in [5, 5.41) is 0. The van der Waals surface area contributed by atoms with Gasteiger partial charge in [0.05, 0.1) is 0 Å². The SMILES string of the molecule is Cl[Si](Cl)(Cl)CCCCC1/C=C\CCC/C=C\1. The Labute approximate surface area is 114 Å². The van der Waals surface area contributed by atoms with Crippen LogP contribution >= 0.6 is 33.2 Å². The summed E-state index contributed by atoms with van der Waals surface area (Å²) in [7, 11) is 0. The molecule has 0 aliphatic heterocycles. The minimum atomic E-state index is -2.38. The van der Waals surface area contributed by atoms with Gasteiger partial charge in [0.1, 0.15) is 0 Å². The van der Waals surface area contributed by atoms with E-state index in [9.17, 15) is 0 Å². The van der Waals surface area contributed by atoms with Gasteiger partial charge >= 0.3 is 6.00 Å². The van der Waals surface area contributed by atoms with E-state index in [0.717, 1.165) is 18.9 Å². The standard InChI is InChI=1S/C12H19Cl3Si/c13-16(14,15)11-7-6-10-12-8-4-2-1-3-5-9-12/h4-5,8-9,12H,1-3,6-7,10-11H2/b8-4-,9-5-. The van der Waals surface area contributed by atoms with E-state index >= 15 is 0 Å². The van der Waals surface area contributed by atoms with E-state index in [1.54, 1.807) is 0 Å². The number of hydrogen-bond acceptors (Lipinski definition) is 0. The van der Waals surface area contributed by atoms with Crippen LogP contribution in [-0.2, 0) is 0 Å². The molecule has 1 aliphatic carbocycles. The Morgan fingerprint density at radius 2 is 1.62 bits per heavy atom. The molecule has 0 bridgehead atoms. The Balaban J connectivity index is 2.18. The fourth-order valence-corrected chi connectivity index (χ4v) is 3.71. The van der Waals surface area contributed by atoms with E-state index < -0.39 is 6.00 Å². The highest BCUT2D eigenvalue weighted by molar-refractivity contribution is 7.64. The van der Waals surface area contributed by atoms with Crippen molar-refractivity contribution in [3.05, 3.63) is 24.3 Å². The van der Waals surface area contributed by atoms with E-state index in [1.165, 1.54) is 25.7 Å². The first-order chi connectivity index (χ1) is 7.58. The minimum Gasteiger partial charge on any atom is -0.126 e. The van der Waals surface area contributed by atoms with Crippen LogP contribution in [0.2, 0.25) is 6.04 Å². The highest BCUT2D eigenvalue weighted by Gasteiger charge is 2.23. The highest BCUT2D eigenvalue weighted by Crippen LogP contribution is 2.28. The van der Waals surface area contributed by atoms with Gasteiger partial charge in [0.15, 0.2) is 0 Å². The zero-order chi connectivity index (χ0) is 11.9. The molecule has 0 radical (unpaired) electrons. The van der Waals surface area contributed by atoms with Crippen LogP contribution in [0.1, 0.15) is 38.5 Å². The molecule has 0 saturated carbocycles. The Hall–Kier alpha value is 0.567. The third kappa shape index (κ3) is 7.78. The minimum absolute atomic E-state index is 0.595. The number of hydrogen-bond donors (Lipinski definition) is 0. The molecule has 0 nitrogen and oxygen atoms in total. The lowest BCUT2D eigenvalue weighted by atomic mass is 9.98. The lowest BCUT2D eigenvalue weighted by Gasteiger charge is -2.11. The van der Waals surface area contributed by atoms with Crippen molar-refractivity contribution in [2.75, 3.05) is 0 Å². The molecule has 0 heterocycles. The van der Waals surface area contributed by atoms with Gasteiger partial charge in [-0.05, 0) is 37.6 Å². The monoisotopic (exact) mass is 296 g/mol. The van der Waals surface area contributed by atoms with E-state index in [2.05, 4.69) is 24.3 Å². The summed E-state index contributed by atoms with van der Waals surface area (Å²) in [5.41, 5.74) is 0. The maximum absolute atomic E-state index is 5.84. The van der Waals surface area contributed by atoms with Crippen LogP contribution in [0.4, 0.5) is 0 Å². The van der Waals surface area contributed by atoms with E-state index in [4.69, 9.17) is 33.2 Å². The second-order valence-electron chi connectivity index (χ2n) is 4.31. The van der Waals surface area contributed by atoms with Crippen molar-refractivity contribution in [1.29, 1.82) is 0 Å². The van der Waals surface area contributed by atoms with Gasteiger partial charge in [-0.1, -0.05) is 37.1 Å². The van der Waals surface area contributed by atoms with Crippen LogP contribution in [-0.4, -0.2) is 6.00 Å². The van der Waals surface area contributed by atoms with Crippen molar-refractivity contribution in [3.8, 4) is 0 Å². The summed E-state index contributed by atoms with van der Waals surface area (Å²) in [6, 6.07) is -1.59. The van der Waals surface area contributed by atoms with Gasteiger partial charge in [-0.15, -0.1) is 33.2 Å². The third-order valence-corrected chi connectivity index (χ3v) is 5.38. The van der Waals surface area contributed by atoms with Crippen LogP contribution < -0.4 is 0 Å². The van der Waals surface area contributed by atoms with Crippen molar-refractivity contribution in [3.63, 3.8) is 0 Å². The summed E-state index contributed by atoms with van der Waals surface area (Å²) in [6.07, 6.45) is 16.3. The van der Waals surface area contributed by atoms with Crippen LogP contribution in [0, 0.1) is 5.92 Å². The molecular formula is C12H19Cl3Si. The molecule has 0 amide bonds. The van der Waals surface area contributed by atoms with Crippen LogP contribution in [0.5, 0.6) is 0 Å². The first-order valence-electron chi connectivity index (χ1n) is 5.98. The quantitative estimate of drug-likeness (QED) is 0.263. The zero-order valence-electron chi connectivity index (χ0n) is 9.47. The second kappa shape index (κ2) is 7.81. The average Bonchev–Trinajstić information content (AvgIpc) is 2.13. The molecule has 0 aromatic rings. The van der Waals surface area contributed by atoms with Crippen LogP contribution in [0.15, 0.2) is 24.3 Å². The van der Waals surface area contributed by atoms with Gasteiger partial charge in [-0.25, -0.2) is 0 Å². The largest absolute Gasteiger partial charge is 0.341 e. The molecule has 0 aromatic heterocycles. The molecule has 0 atom stereocenters. The molecule has 0 spiro atoms. The zero-order valence-corrected chi connectivity index (χ0v) is 12.7. The number of rotatable bonds is 5. The number of halogens is 3. The molecular weight excluding hydrogens is 279 g/mol. The predicted octanol–water partition coefficient (Wildman–Crippen LogP) is 5.72. The lowest BCUT2D eigenvalue weighted by Crippen LogP contribution is -2.08. The Morgan fingerprint density at radius 1 is 1.00 bits per heavy atom. The fraction of sp³-hybridized carbons (Fsp3) is 0.667. The van der Waals surface area contributed by atoms with Gasteiger partial charge in [0.2, 0.25) is 0 Å².